The second-order valence-corrected chi connectivity index (χ2v) is 7.69. The molecule has 1 fully saturated rings. The van der Waals surface area contributed by atoms with Crippen molar-refractivity contribution in [1.29, 1.82) is 0 Å². The molecule has 0 atom stereocenters. The van der Waals surface area contributed by atoms with Crippen molar-refractivity contribution in [3.8, 4) is 5.75 Å². The van der Waals surface area contributed by atoms with Crippen molar-refractivity contribution in [2.75, 3.05) is 13.1 Å². The third kappa shape index (κ3) is 3.77. The Morgan fingerprint density at radius 1 is 1.09 bits per heavy atom. The van der Waals surface area contributed by atoms with Crippen molar-refractivity contribution in [2.45, 2.75) is 25.0 Å². The second kappa shape index (κ2) is 7.40. The minimum absolute atomic E-state index is 0.106. The van der Waals surface area contributed by atoms with E-state index in [1.165, 1.54) is 43.0 Å². The molecule has 0 spiro atoms. The van der Waals surface area contributed by atoms with Crippen LogP contribution in [0.2, 0.25) is 0 Å². The monoisotopic (exact) mass is 333 g/mol. The minimum Gasteiger partial charge on any atom is -0.507 e. The Labute approximate surface area is 139 Å². The molecule has 0 saturated carbocycles. The van der Waals surface area contributed by atoms with Gasteiger partial charge in [-0.05, 0) is 18.2 Å². The molecule has 5 heteroatoms. The Morgan fingerprint density at radius 2 is 1.86 bits per heavy atom. The summed E-state index contributed by atoms with van der Waals surface area (Å²) in [7, 11) is 0. The summed E-state index contributed by atoms with van der Waals surface area (Å²) in [5, 5.41) is 12.2. The lowest BCUT2D eigenvalue weighted by molar-refractivity contribution is 0.275. The summed E-state index contributed by atoms with van der Waals surface area (Å²) in [6.07, 6.45) is 3.62. The van der Waals surface area contributed by atoms with Crippen LogP contribution in [-0.2, 0) is 5.75 Å². The fraction of sp³-hybridized carbons (Fsp3) is 0.353. The summed E-state index contributed by atoms with van der Waals surface area (Å²) < 4.78 is 2.26. The molecule has 0 unspecified atom stereocenters. The van der Waals surface area contributed by atoms with Gasteiger partial charge in [-0.2, -0.15) is 0 Å². The molecule has 0 bridgehead atoms. The fourth-order valence-electron chi connectivity index (χ4n) is 2.64. The number of phenols is 1. The quantitative estimate of drug-likeness (QED) is 0.798. The highest BCUT2D eigenvalue weighted by Gasteiger charge is 2.16. The van der Waals surface area contributed by atoms with Crippen LogP contribution in [0.1, 0.15) is 24.8 Å². The topological polar surface area (TPSA) is 40.5 Å². The van der Waals surface area contributed by atoms with E-state index in [9.17, 15) is 9.90 Å². The lowest BCUT2D eigenvalue weighted by Crippen LogP contribution is -2.23. The van der Waals surface area contributed by atoms with Crippen molar-refractivity contribution in [3.05, 3.63) is 42.0 Å². The molecule has 3 nitrogen and oxygen atoms in total. The number of thioether (sulfide) groups is 1. The first-order valence-corrected chi connectivity index (χ1v) is 9.29. The molecule has 0 aromatic heterocycles. The summed E-state index contributed by atoms with van der Waals surface area (Å²) in [6.45, 7) is 2.00. The number of nitrogens with zero attached hydrogens (tertiary/aromatic N) is 1. The Morgan fingerprint density at radius 3 is 2.68 bits per heavy atom. The molecular weight excluding hydrogens is 314 g/mol. The minimum atomic E-state index is 0.106. The van der Waals surface area contributed by atoms with Crippen molar-refractivity contribution in [2.24, 2.45) is 0 Å². The molecule has 3 rings (SSSR count). The van der Waals surface area contributed by atoms with Gasteiger partial charge in [-0.15, -0.1) is 0 Å². The lowest BCUT2D eigenvalue weighted by atomic mass is 10.1. The number of hydrogen-bond acceptors (Lipinski definition) is 5. The zero-order valence-electron chi connectivity index (χ0n) is 12.3. The van der Waals surface area contributed by atoms with Gasteiger partial charge in [0.2, 0.25) is 0 Å². The maximum Gasteiger partial charge on any atom is 0.261 e. The SMILES string of the molecule is O=C(SCc1ccc2ccccc2c1O)SN1CCCCC1. The van der Waals surface area contributed by atoms with E-state index in [1.54, 1.807) is 0 Å². The zero-order valence-corrected chi connectivity index (χ0v) is 14.0. The van der Waals surface area contributed by atoms with E-state index < -0.39 is 0 Å². The van der Waals surface area contributed by atoms with E-state index in [2.05, 4.69) is 4.31 Å². The number of benzene rings is 2. The number of piperidine rings is 1. The Hall–Kier alpha value is -1.17. The van der Waals surface area contributed by atoms with Crippen LogP contribution in [0.15, 0.2) is 36.4 Å². The van der Waals surface area contributed by atoms with Crippen LogP contribution in [-0.4, -0.2) is 26.9 Å². The van der Waals surface area contributed by atoms with Gasteiger partial charge in [-0.1, -0.05) is 54.6 Å². The Balaban J connectivity index is 1.61. The summed E-state index contributed by atoms with van der Waals surface area (Å²) in [5.41, 5.74) is 0.816. The van der Waals surface area contributed by atoms with Gasteiger partial charge in [0.1, 0.15) is 5.75 Å². The van der Waals surface area contributed by atoms with Gasteiger partial charge in [0.15, 0.2) is 0 Å². The average Bonchev–Trinajstić information content (AvgIpc) is 2.55. The fourth-order valence-corrected chi connectivity index (χ4v) is 4.50. The molecule has 2 aromatic rings. The Kier molecular flexibility index (Phi) is 5.28. The van der Waals surface area contributed by atoms with E-state index in [0.717, 1.165) is 29.4 Å². The second-order valence-electron chi connectivity index (χ2n) is 5.41. The molecule has 1 aliphatic rings. The van der Waals surface area contributed by atoms with Crippen LogP contribution in [0, 0.1) is 0 Å². The summed E-state index contributed by atoms with van der Waals surface area (Å²) in [6, 6.07) is 11.6. The largest absolute Gasteiger partial charge is 0.507 e. The normalized spacial score (nSPS) is 16.0. The van der Waals surface area contributed by atoms with E-state index in [4.69, 9.17) is 0 Å². The average molecular weight is 333 g/mol. The number of aromatic hydroxyl groups is 1. The van der Waals surface area contributed by atoms with Crippen molar-refractivity contribution in [1.82, 2.24) is 4.31 Å². The molecule has 1 N–H and O–H groups in total. The highest BCUT2D eigenvalue weighted by atomic mass is 32.2. The van der Waals surface area contributed by atoms with Crippen LogP contribution in [0.4, 0.5) is 4.79 Å². The maximum atomic E-state index is 12.1. The van der Waals surface area contributed by atoms with E-state index in [-0.39, 0.29) is 4.45 Å². The van der Waals surface area contributed by atoms with Crippen molar-refractivity contribution < 1.29 is 9.90 Å². The first kappa shape index (κ1) is 15.7. The van der Waals surface area contributed by atoms with Gasteiger partial charge in [0.05, 0.1) is 0 Å². The number of phenolic OH excluding ortho intramolecular Hbond substituents is 1. The molecule has 2 aromatic carbocycles. The highest BCUT2D eigenvalue weighted by Crippen LogP contribution is 2.33. The van der Waals surface area contributed by atoms with Crippen LogP contribution in [0.5, 0.6) is 5.75 Å². The smallest absolute Gasteiger partial charge is 0.261 e. The van der Waals surface area contributed by atoms with Crippen molar-refractivity contribution >= 4 is 38.9 Å². The number of rotatable bonds is 3. The van der Waals surface area contributed by atoms with Gasteiger partial charge in [0, 0.05) is 41.7 Å². The molecule has 22 heavy (non-hydrogen) atoms. The zero-order chi connectivity index (χ0) is 15.4. The third-order valence-corrected chi connectivity index (χ3v) is 5.89. The predicted molar refractivity (Wildman–Crippen MR) is 95.3 cm³/mol. The first-order chi connectivity index (χ1) is 10.7. The number of carbonyl (C=O) groups is 1. The van der Waals surface area contributed by atoms with Crippen LogP contribution in [0.25, 0.3) is 10.8 Å². The first-order valence-electron chi connectivity index (χ1n) is 7.53. The van der Waals surface area contributed by atoms with Gasteiger partial charge >= 0.3 is 0 Å². The lowest BCUT2D eigenvalue weighted by Gasteiger charge is -2.23. The number of hydrogen-bond donors (Lipinski definition) is 1. The van der Waals surface area contributed by atoms with E-state index in [1.807, 2.05) is 36.4 Å². The predicted octanol–water partition coefficient (Wildman–Crippen LogP) is 5.03. The summed E-state index contributed by atoms with van der Waals surface area (Å²) >= 11 is 2.59. The number of carbonyl (C=O) groups excluding carboxylic acids is 1. The molecule has 0 aliphatic carbocycles. The standard InChI is InChI=1S/C17H19NO2S2/c19-16-14(9-8-13-6-2-3-7-15(13)16)12-21-17(20)22-18-10-4-1-5-11-18/h2-3,6-9,19H,1,4-5,10-12H2. The summed E-state index contributed by atoms with van der Waals surface area (Å²) in [4.78, 5) is 12.1. The maximum absolute atomic E-state index is 12.1. The Bertz CT molecular complexity index is 669. The van der Waals surface area contributed by atoms with E-state index >= 15 is 0 Å². The van der Waals surface area contributed by atoms with Gasteiger partial charge in [0.25, 0.3) is 4.45 Å². The van der Waals surface area contributed by atoms with Crippen LogP contribution >= 0.6 is 23.7 Å². The third-order valence-electron chi connectivity index (χ3n) is 3.85. The molecule has 116 valence electrons. The molecule has 1 saturated heterocycles. The van der Waals surface area contributed by atoms with Gasteiger partial charge < -0.3 is 5.11 Å². The number of fused-ring (bicyclic) bond motifs is 1. The molecular formula is C17H19NO2S2. The molecule has 0 amide bonds. The molecule has 0 radical (unpaired) electrons. The summed E-state index contributed by atoms with van der Waals surface area (Å²) in [5.74, 6) is 0.803. The molecule has 1 aliphatic heterocycles. The van der Waals surface area contributed by atoms with Crippen LogP contribution in [0.3, 0.4) is 0 Å². The van der Waals surface area contributed by atoms with E-state index in [0.29, 0.717) is 11.5 Å². The van der Waals surface area contributed by atoms with Gasteiger partial charge in [-0.3, -0.25) is 4.79 Å². The molecule has 1 heterocycles. The highest BCUT2D eigenvalue weighted by molar-refractivity contribution is 8.37. The van der Waals surface area contributed by atoms with Gasteiger partial charge in [-0.25, -0.2) is 4.31 Å². The van der Waals surface area contributed by atoms with Crippen molar-refractivity contribution in [3.63, 3.8) is 0 Å². The van der Waals surface area contributed by atoms with Crippen LogP contribution < -0.4 is 0 Å².